The van der Waals surface area contributed by atoms with Gasteiger partial charge in [0, 0.05) is 17.4 Å². The van der Waals surface area contributed by atoms with E-state index in [9.17, 15) is 4.79 Å². The van der Waals surface area contributed by atoms with Crippen molar-refractivity contribution in [3.8, 4) is 0 Å². The second kappa shape index (κ2) is 5.70. The van der Waals surface area contributed by atoms with Gasteiger partial charge in [-0.1, -0.05) is 41.5 Å². The van der Waals surface area contributed by atoms with E-state index in [0.717, 1.165) is 0 Å². The van der Waals surface area contributed by atoms with E-state index >= 15 is 0 Å². The fourth-order valence-electron chi connectivity index (χ4n) is 1.63. The van der Waals surface area contributed by atoms with Gasteiger partial charge in [0.2, 0.25) is 0 Å². The smallest absolute Gasteiger partial charge is 0.146 e. The molecule has 0 aliphatic carbocycles. The minimum Gasteiger partial charge on any atom is -0.373 e. The molecule has 2 N–H and O–H groups in total. The van der Waals surface area contributed by atoms with Gasteiger partial charge in [-0.05, 0) is 19.8 Å². The zero-order valence-electron chi connectivity index (χ0n) is 13.4. The zero-order chi connectivity index (χ0) is 14.8. The molecule has 0 saturated carbocycles. The predicted octanol–water partition coefficient (Wildman–Crippen LogP) is 3.02. The van der Waals surface area contributed by atoms with Crippen LogP contribution in [0.3, 0.4) is 0 Å². The van der Waals surface area contributed by atoms with E-state index in [4.69, 9.17) is 10.5 Å². The van der Waals surface area contributed by atoms with Crippen LogP contribution in [0.4, 0.5) is 0 Å². The lowest BCUT2D eigenvalue weighted by Gasteiger charge is -2.37. The Balaban J connectivity index is 4.79. The van der Waals surface area contributed by atoms with E-state index in [1.165, 1.54) is 0 Å². The molecule has 0 atom stereocenters. The molecule has 3 heteroatoms. The first-order valence-corrected chi connectivity index (χ1v) is 6.76. The highest BCUT2D eigenvalue weighted by molar-refractivity contribution is 5.89. The Bertz CT molecular complexity index is 291. The van der Waals surface area contributed by atoms with Crippen LogP contribution in [0.25, 0.3) is 0 Å². The summed E-state index contributed by atoms with van der Waals surface area (Å²) in [6.45, 7) is 16.8. The van der Waals surface area contributed by atoms with Crippen molar-refractivity contribution in [1.82, 2.24) is 0 Å². The maximum absolute atomic E-state index is 12.6. The summed E-state index contributed by atoms with van der Waals surface area (Å²) in [5.41, 5.74) is 4.44. The summed E-state index contributed by atoms with van der Waals surface area (Å²) in [5.74, 6) is 0.560. The maximum Gasteiger partial charge on any atom is 0.146 e. The van der Waals surface area contributed by atoms with E-state index in [0.29, 0.717) is 19.1 Å². The molecule has 0 bridgehead atoms. The standard InChI is InChI=1S/C15H31NO2/c1-11(2)15(7,8)12(17)13(3,4)10-18-14(5,6)9-16/h11H,9-10,16H2,1-8H3. The van der Waals surface area contributed by atoms with Crippen LogP contribution >= 0.6 is 0 Å². The fourth-order valence-corrected chi connectivity index (χ4v) is 1.63. The second-order valence-electron chi connectivity index (χ2n) is 7.34. The van der Waals surface area contributed by atoms with Crippen molar-refractivity contribution in [1.29, 1.82) is 0 Å². The summed E-state index contributed by atoms with van der Waals surface area (Å²) in [6.07, 6.45) is 0. The summed E-state index contributed by atoms with van der Waals surface area (Å²) in [6, 6.07) is 0. The normalized spacial score (nSPS) is 14.1. The van der Waals surface area contributed by atoms with Crippen LogP contribution in [-0.2, 0) is 9.53 Å². The lowest BCUT2D eigenvalue weighted by Crippen LogP contribution is -2.45. The van der Waals surface area contributed by atoms with Gasteiger partial charge in [-0.15, -0.1) is 0 Å². The summed E-state index contributed by atoms with van der Waals surface area (Å²) >= 11 is 0. The van der Waals surface area contributed by atoms with Crippen LogP contribution in [-0.4, -0.2) is 24.5 Å². The number of carbonyl (C=O) groups excluding carboxylic acids is 1. The van der Waals surface area contributed by atoms with E-state index < -0.39 is 5.41 Å². The Kier molecular flexibility index (Phi) is 5.57. The molecule has 0 saturated heterocycles. The van der Waals surface area contributed by atoms with Crippen LogP contribution in [0.1, 0.15) is 55.4 Å². The highest BCUT2D eigenvalue weighted by atomic mass is 16.5. The van der Waals surface area contributed by atoms with E-state index in [2.05, 4.69) is 13.8 Å². The SMILES string of the molecule is CC(C)C(C)(C)C(=O)C(C)(C)COC(C)(C)CN. The molecule has 0 aromatic rings. The number of carbonyl (C=O) groups is 1. The van der Waals surface area contributed by atoms with Gasteiger partial charge in [0.15, 0.2) is 0 Å². The van der Waals surface area contributed by atoms with Gasteiger partial charge in [-0.2, -0.15) is 0 Å². The van der Waals surface area contributed by atoms with Gasteiger partial charge in [-0.3, -0.25) is 4.79 Å². The lowest BCUT2D eigenvalue weighted by molar-refractivity contribution is -0.145. The first-order chi connectivity index (χ1) is 7.87. The molecule has 0 heterocycles. The van der Waals surface area contributed by atoms with Crippen molar-refractivity contribution in [2.24, 2.45) is 22.5 Å². The van der Waals surface area contributed by atoms with Crippen LogP contribution in [0.5, 0.6) is 0 Å². The molecular weight excluding hydrogens is 226 g/mol. The molecule has 0 amide bonds. The van der Waals surface area contributed by atoms with Gasteiger partial charge < -0.3 is 10.5 Å². The van der Waals surface area contributed by atoms with Gasteiger partial charge in [0.05, 0.1) is 12.2 Å². The molecule has 0 aliphatic heterocycles. The van der Waals surface area contributed by atoms with Gasteiger partial charge in [0.25, 0.3) is 0 Å². The molecule has 0 aromatic heterocycles. The van der Waals surface area contributed by atoms with Crippen molar-refractivity contribution in [2.45, 2.75) is 61.0 Å². The number of hydrogen-bond acceptors (Lipinski definition) is 3. The third-order valence-electron chi connectivity index (χ3n) is 3.96. The molecule has 3 nitrogen and oxygen atoms in total. The summed E-state index contributed by atoms with van der Waals surface area (Å²) < 4.78 is 5.79. The van der Waals surface area contributed by atoms with Crippen molar-refractivity contribution < 1.29 is 9.53 Å². The van der Waals surface area contributed by atoms with Gasteiger partial charge in [-0.25, -0.2) is 0 Å². The Morgan fingerprint density at radius 1 is 1.11 bits per heavy atom. The summed E-state index contributed by atoms with van der Waals surface area (Å²) in [4.78, 5) is 12.6. The van der Waals surface area contributed by atoms with Crippen molar-refractivity contribution in [3.05, 3.63) is 0 Å². The van der Waals surface area contributed by atoms with Crippen molar-refractivity contribution in [2.75, 3.05) is 13.2 Å². The highest BCUT2D eigenvalue weighted by Gasteiger charge is 2.41. The highest BCUT2D eigenvalue weighted by Crippen LogP contribution is 2.36. The molecule has 0 unspecified atom stereocenters. The molecule has 0 radical (unpaired) electrons. The van der Waals surface area contributed by atoms with Crippen LogP contribution in [0.15, 0.2) is 0 Å². The first kappa shape index (κ1) is 17.6. The Hall–Kier alpha value is -0.410. The average Bonchev–Trinajstić information content (AvgIpc) is 2.25. The molecule has 108 valence electrons. The maximum atomic E-state index is 12.6. The van der Waals surface area contributed by atoms with Crippen molar-refractivity contribution in [3.63, 3.8) is 0 Å². The van der Waals surface area contributed by atoms with E-state index in [1.54, 1.807) is 0 Å². The minimum atomic E-state index is -0.486. The van der Waals surface area contributed by atoms with E-state index in [1.807, 2.05) is 41.5 Å². The van der Waals surface area contributed by atoms with Gasteiger partial charge >= 0.3 is 0 Å². The quantitative estimate of drug-likeness (QED) is 0.762. The van der Waals surface area contributed by atoms with Crippen LogP contribution in [0.2, 0.25) is 0 Å². The largest absolute Gasteiger partial charge is 0.373 e. The topological polar surface area (TPSA) is 52.3 Å². The predicted molar refractivity (Wildman–Crippen MR) is 76.5 cm³/mol. The molecular formula is C15H31NO2. The summed E-state index contributed by atoms with van der Waals surface area (Å²) in [5, 5.41) is 0. The monoisotopic (exact) mass is 257 g/mol. The minimum absolute atomic E-state index is 0.248. The molecule has 0 spiro atoms. The number of hydrogen-bond donors (Lipinski definition) is 1. The Morgan fingerprint density at radius 2 is 1.56 bits per heavy atom. The lowest BCUT2D eigenvalue weighted by atomic mass is 9.68. The number of rotatable bonds is 7. The summed E-state index contributed by atoms with van der Waals surface area (Å²) in [7, 11) is 0. The third-order valence-corrected chi connectivity index (χ3v) is 3.96. The second-order valence-corrected chi connectivity index (χ2v) is 7.34. The molecule has 0 fully saturated rings. The molecule has 0 aliphatic rings. The third kappa shape index (κ3) is 4.36. The van der Waals surface area contributed by atoms with E-state index in [-0.39, 0.29) is 16.8 Å². The van der Waals surface area contributed by atoms with Crippen LogP contribution < -0.4 is 5.73 Å². The number of ketones is 1. The Morgan fingerprint density at radius 3 is 1.89 bits per heavy atom. The number of Topliss-reactive ketones (excluding diaryl/α,β-unsaturated/α-hetero) is 1. The fraction of sp³-hybridized carbons (Fsp3) is 0.933. The molecule has 18 heavy (non-hydrogen) atoms. The molecule has 0 rings (SSSR count). The van der Waals surface area contributed by atoms with Crippen molar-refractivity contribution >= 4 is 5.78 Å². The average molecular weight is 257 g/mol. The zero-order valence-corrected chi connectivity index (χ0v) is 13.4. The van der Waals surface area contributed by atoms with Gasteiger partial charge in [0.1, 0.15) is 5.78 Å². The Labute approximate surface area is 112 Å². The van der Waals surface area contributed by atoms with Crippen LogP contribution in [0, 0.1) is 16.7 Å². The molecule has 0 aromatic carbocycles. The number of ether oxygens (including phenoxy) is 1. The number of nitrogens with two attached hydrogens (primary N) is 1. The first-order valence-electron chi connectivity index (χ1n) is 6.76.